The van der Waals surface area contributed by atoms with Crippen molar-refractivity contribution in [2.24, 2.45) is 5.92 Å². The molecule has 2 unspecified atom stereocenters. The second-order valence-electron chi connectivity index (χ2n) is 4.84. The molecule has 0 spiro atoms. The van der Waals surface area contributed by atoms with Crippen LogP contribution in [0.15, 0.2) is 0 Å². The van der Waals surface area contributed by atoms with Crippen molar-refractivity contribution in [2.75, 3.05) is 32.8 Å². The van der Waals surface area contributed by atoms with Gasteiger partial charge in [0.25, 0.3) is 0 Å². The summed E-state index contributed by atoms with van der Waals surface area (Å²) in [6, 6.07) is 0.519. The topological polar surface area (TPSA) is 24.5 Å². The summed E-state index contributed by atoms with van der Waals surface area (Å²) in [5, 5.41) is 3.40. The Morgan fingerprint density at radius 1 is 1.40 bits per heavy atom. The first-order valence-electron chi connectivity index (χ1n) is 6.21. The third kappa shape index (κ3) is 4.09. The van der Waals surface area contributed by atoms with E-state index < -0.39 is 0 Å². The lowest BCUT2D eigenvalue weighted by Crippen LogP contribution is -2.51. The molecule has 0 aromatic heterocycles. The van der Waals surface area contributed by atoms with Gasteiger partial charge in [0.2, 0.25) is 0 Å². The summed E-state index contributed by atoms with van der Waals surface area (Å²) in [4.78, 5) is 2.52. The fraction of sp³-hybridized carbons (Fsp3) is 1.00. The SMILES string of the molecule is CCN(CC(C)C)C(C)C1CNCCO1. The Bertz CT molecular complexity index is 167. The molecule has 1 aliphatic rings. The Morgan fingerprint density at radius 3 is 2.60 bits per heavy atom. The number of ether oxygens (including phenoxy) is 1. The maximum Gasteiger partial charge on any atom is 0.0852 e. The van der Waals surface area contributed by atoms with E-state index in [1.807, 2.05) is 0 Å². The predicted molar refractivity (Wildman–Crippen MR) is 64.2 cm³/mol. The van der Waals surface area contributed by atoms with Crippen LogP contribution in [-0.2, 0) is 4.74 Å². The van der Waals surface area contributed by atoms with Crippen LogP contribution in [0.25, 0.3) is 0 Å². The molecule has 0 aromatic rings. The lowest BCUT2D eigenvalue weighted by Gasteiger charge is -2.37. The summed E-state index contributed by atoms with van der Waals surface area (Å²) in [6.07, 6.45) is 0.359. The first-order valence-corrected chi connectivity index (χ1v) is 6.21. The van der Waals surface area contributed by atoms with Gasteiger partial charge in [0.1, 0.15) is 0 Å². The van der Waals surface area contributed by atoms with Gasteiger partial charge in [-0.25, -0.2) is 0 Å². The average molecular weight is 214 g/mol. The molecule has 2 atom stereocenters. The summed E-state index contributed by atoms with van der Waals surface area (Å²) in [5.74, 6) is 0.726. The second kappa shape index (κ2) is 6.46. The van der Waals surface area contributed by atoms with Gasteiger partial charge >= 0.3 is 0 Å². The molecule has 15 heavy (non-hydrogen) atoms. The minimum absolute atomic E-state index is 0.359. The van der Waals surface area contributed by atoms with Crippen LogP contribution in [0.3, 0.4) is 0 Å². The molecule has 1 heterocycles. The number of nitrogens with zero attached hydrogens (tertiary/aromatic N) is 1. The Balaban J connectivity index is 2.43. The van der Waals surface area contributed by atoms with Crippen molar-refractivity contribution in [1.29, 1.82) is 0 Å². The van der Waals surface area contributed by atoms with Crippen LogP contribution in [0.2, 0.25) is 0 Å². The van der Waals surface area contributed by atoms with Gasteiger partial charge in [-0.1, -0.05) is 20.8 Å². The Hall–Kier alpha value is -0.120. The molecule has 0 aromatic carbocycles. The fourth-order valence-electron chi connectivity index (χ4n) is 2.18. The van der Waals surface area contributed by atoms with Crippen LogP contribution >= 0.6 is 0 Å². The van der Waals surface area contributed by atoms with Gasteiger partial charge in [-0.15, -0.1) is 0 Å². The van der Waals surface area contributed by atoms with Crippen molar-refractivity contribution in [3.05, 3.63) is 0 Å². The first kappa shape index (κ1) is 12.9. The zero-order valence-corrected chi connectivity index (χ0v) is 10.6. The molecule has 3 nitrogen and oxygen atoms in total. The monoisotopic (exact) mass is 214 g/mol. The first-order chi connectivity index (χ1) is 7.15. The lowest BCUT2D eigenvalue weighted by molar-refractivity contribution is -0.0273. The van der Waals surface area contributed by atoms with Crippen LogP contribution in [0.4, 0.5) is 0 Å². The van der Waals surface area contributed by atoms with E-state index in [2.05, 4.69) is 37.9 Å². The van der Waals surface area contributed by atoms with E-state index >= 15 is 0 Å². The molecular formula is C12H26N2O. The zero-order valence-electron chi connectivity index (χ0n) is 10.6. The summed E-state index contributed by atoms with van der Waals surface area (Å²) in [6.45, 7) is 14.2. The molecule has 0 aliphatic carbocycles. The maximum absolute atomic E-state index is 5.80. The lowest BCUT2D eigenvalue weighted by atomic mass is 10.1. The maximum atomic E-state index is 5.80. The number of nitrogens with one attached hydrogen (secondary N) is 1. The van der Waals surface area contributed by atoms with Gasteiger partial charge in [-0.2, -0.15) is 0 Å². The predicted octanol–water partition coefficient (Wildman–Crippen LogP) is 1.34. The van der Waals surface area contributed by atoms with Crippen LogP contribution < -0.4 is 5.32 Å². The van der Waals surface area contributed by atoms with E-state index in [1.165, 1.54) is 0 Å². The highest BCUT2D eigenvalue weighted by molar-refractivity contribution is 4.80. The molecule has 0 saturated carbocycles. The van der Waals surface area contributed by atoms with Crippen LogP contribution in [0, 0.1) is 5.92 Å². The van der Waals surface area contributed by atoms with E-state index in [1.54, 1.807) is 0 Å². The van der Waals surface area contributed by atoms with Crippen molar-refractivity contribution < 1.29 is 4.74 Å². The molecule has 1 saturated heterocycles. The van der Waals surface area contributed by atoms with Gasteiger partial charge in [-0.3, -0.25) is 4.90 Å². The number of morpholine rings is 1. The van der Waals surface area contributed by atoms with E-state index in [9.17, 15) is 0 Å². The van der Waals surface area contributed by atoms with Gasteiger partial charge in [0, 0.05) is 25.7 Å². The number of likely N-dealkylation sites (N-methyl/N-ethyl adjacent to an activating group) is 1. The Kier molecular flexibility index (Phi) is 5.58. The molecule has 1 rings (SSSR count). The smallest absolute Gasteiger partial charge is 0.0852 e. The van der Waals surface area contributed by atoms with Crippen molar-refractivity contribution >= 4 is 0 Å². The standard InChI is InChI=1S/C12H26N2O/c1-5-14(9-10(2)3)11(4)12-8-13-6-7-15-12/h10-13H,5-9H2,1-4H3. The normalized spacial score (nSPS) is 24.8. The molecule has 90 valence electrons. The number of rotatable bonds is 5. The highest BCUT2D eigenvalue weighted by Crippen LogP contribution is 2.11. The van der Waals surface area contributed by atoms with E-state index in [-0.39, 0.29) is 0 Å². The third-order valence-electron chi connectivity index (χ3n) is 3.08. The van der Waals surface area contributed by atoms with E-state index in [0.29, 0.717) is 12.1 Å². The van der Waals surface area contributed by atoms with Crippen molar-refractivity contribution in [3.8, 4) is 0 Å². The van der Waals surface area contributed by atoms with Crippen molar-refractivity contribution in [2.45, 2.75) is 39.8 Å². The molecule has 1 aliphatic heterocycles. The third-order valence-corrected chi connectivity index (χ3v) is 3.08. The van der Waals surface area contributed by atoms with Crippen LogP contribution in [0.1, 0.15) is 27.7 Å². The largest absolute Gasteiger partial charge is 0.374 e. The molecule has 0 bridgehead atoms. The summed E-state index contributed by atoms with van der Waals surface area (Å²) < 4.78 is 5.80. The molecule has 0 amide bonds. The zero-order chi connectivity index (χ0) is 11.3. The summed E-state index contributed by atoms with van der Waals surface area (Å²) >= 11 is 0. The molecule has 1 N–H and O–H groups in total. The molecule has 0 radical (unpaired) electrons. The Labute approximate surface area is 94.2 Å². The van der Waals surface area contributed by atoms with Gasteiger partial charge in [0.15, 0.2) is 0 Å². The molecule has 3 heteroatoms. The Morgan fingerprint density at radius 2 is 2.13 bits per heavy atom. The van der Waals surface area contributed by atoms with E-state index in [0.717, 1.165) is 38.7 Å². The quantitative estimate of drug-likeness (QED) is 0.747. The van der Waals surface area contributed by atoms with Crippen LogP contribution in [0.5, 0.6) is 0 Å². The van der Waals surface area contributed by atoms with E-state index in [4.69, 9.17) is 4.74 Å². The number of hydrogen-bond acceptors (Lipinski definition) is 3. The minimum Gasteiger partial charge on any atom is -0.374 e. The van der Waals surface area contributed by atoms with Gasteiger partial charge in [-0.05, 0) is 19.4 Å². The highest BCUT2D eigenvalue weighted by Gasteiger charge is 2.25. The summed E-state index contributed by atoms with van der Waals surface area (Å²) in [5.41, 5.74) is 0. The van der Waals surface area contributed by atoms with Crippen molar-refractivity contribution in [3.63, 3.8) is 0 Å². The van der Waals surface area contributed by atoms with Crippen LogP contribution in [-0.4, -0.2) is 49.8 Å². The second-order valence-corrected chi connectivity index (χ2v) is 4.84. The van der Waals surface area contributed by atoms with Crippen molar-refractivity contribution in [1.82, 2.24) is 10.2 Å². The fourth-order valence-corrected chi connectivity index (χ4v) is 2.18. The minimum atomic E-state index is 0.359. The highest BCUT2D eigenvalue weighted by atomic mass is 16.5. The van der Waals surface area contributed by atoms with Gasteiger partial charge < -0.3 is 10.1 Å². The molecular weight excluding hydrogens is 188 g/mol. The number of hydrogen-bond donors (Lipinski definition) is 1. The molecule has 1 fully saturated rings. The summed E-state index contributed by atoms with van der Waals surface area (Å²) in [7, 11) is 0. The van der Waals surface area contributed by atoms with Gasteiger partial charge in [0.05, 0.1) is 12.7 Å². The average Bonchev–Trinajstić information content (AvgIpc) is 2.26.